The maximum atomic E-state index is 10.5. The van der Waals surface area contributed by atoms with E-state index in [1.807, 2.05) is 0 Å². The number of nitro benzene ring substituents is 1. The summed E-state index contributed by atoms with van der Waals surface area (Å²) in [6, 6.07) is 4.20. The van der Waals surface area contributed by atoms with Crippen LogP contribution in [-0.4, -0.2) is 12.0 Å². The molecule has 0 aliphatic rings. The predicted octanol–water partition coefficient (Wildman–Crippen LogP) is 1.62. The van der Waals surface area contributed by atoms with Gasteiger partial charge in [0.15, 0.2) is 0 Å². The zero-order valence-corrected chi connectivity index (χ0v) is 8.06. The molecular weight excluding hydrogens is 184 g/mol. The van der Waals surface area contributed by atoms with Gasteiger partial charge in [-0.3, -0.25) is 10.1 Å². The van der Waals surface area contributed by atoms with Crippen molar-refractivity contribution in [3.05, 3.63) is 33.9 Å². The predicted molar refractivity (Wildman–Crippen MR) is 52.3 cm³/mol. The highest BCUT2D eigenvalue weighted by atomic mass is 16.6. The first-order valence-corrected chi connectivity index (χ1v) is 4.14. The van der Waals surface area contributed by atoms with Gasteiger partial charge in [0, 0.05) is 17.7 Å². The molecule has 0 radical (unpaired) electrons. The lowest BCUT2D eigenvalue weighted by Gasteiger charge is -2.10. The summed E-state index contributed by atoms with van der Waals surface area (Å²) in [7, 11) is 1.46. The molecule has 0 saturated carbocycles. The number of rotatable bonds is 3. The van der Waals surface area contributed by atoms with Gasteiger partial charge in [0.1, 0.15) is 5.75 Å². The maximum Gasteiger partial charge on any atom is 0.273 e. The summed E-state index contributed by atoms with van der Waals surface area (Å²) in [5, 5.41) is 10.5. The Bertz CT molecular complexity index is 350. The summed E-state index contributed by atoms with van der Waals surface area (Å²) in [5.74, 6) is 0.453. The van der Waals surface area contributed by atoms with Gasteiger partial charge >= 0.3 is 0 Å². The number of non-ortho nitro benzene ring substituents is 1. The van der Waals surface area contributed by atoms with Crippen molar-refractivity contribution in [3.8, 4) is 5.75 Å². The quantitative estimate of drug-likeness (QED) is 0.588. The van der Waals surface area contributed by atoms with Crippen molar-refractivity contribution in [2.75, 3.05) is 7.11 Å². The minimum Gasteiger partial charge on any atom is -0.496 e. The average molecular weight is 196 g/mol. The molecule has 0 aliphatic carbocycles. The van der Waals surface area contributed by atoms with E-state index in [1.165, 1.54) is 19.2 Å². The van der Waals surface area contributed by atoms with Crippen LogP contribution in [0.2, 0.25) is 0 Å². The van der Waals surface area contributed by atoms with Gasteiger partial charge in [-0.2, -0.15) is 0 Å². The Labute approximate surface area is 81.6 Å². The molecule has 0 spiro atoms. The second kappa shape index (κ2) is 4.06. The normalized spacial score (nSPS) is 12.2. The second-order valence-corrected chi connectivity index (χ2v) is 2.97. The Morgan fingerprint density at radius 1 is 1.57 bits per heavy atom. The molecule has 0 aliphatic heterocycles. The summed E-state index contributed by atoms with van der Waals surface area (Å²) < 4.78 is 5.01. The lowest BCUT2D eigenvalue weighted by atomic mass is 10.1. The number of nitrogens with two attached hydrogens (primary N) is 1. The molecule has 1 aromatic carbocycles. The summed E-state index contributed by atoms with van der Waals surface area (Å²) in [5.41, 5.74) is 6.43. The minimum atomic E-state index is -0.465. The zero-order valence-electron chi connectivity index (χ0n) is 8.06. The molecule has 0 unspecified atom stereocenters. The lowest BCUT2D eigenvalue weighted by Crippen LogP contribution is -2.07. The van der Waals surface area contributed by atoms with Gasteiger partial charge in [0.2, 0.25) is 0 Å². The topological polar surface area (TPSA) is 78.4 Å². The first kappa shape index (κ1) is 10.5. The third-order valence-electron chi connectivity index (χ3n) is 1.92. The largest absolute Gasteiger partial charge is 0.496 e. The van der Waals surface area contributed by atoms with Gasteiger partial charge < -0.3 is 10.5 Å². The monoisotopic (exact) mass is 196 g/mol. The fourth-order valence-corrected chi connectivity index (χ4v) is 1.19. The minimum absolute atomic E-state index is 0.00579. The zero-order chi connectivity index (χ0) is 10.7. The van der Waals surface area contributed by atoms with Crippen LogP contribution in [0.1, 0.15) is 18.5 Å². The standard InChI is InChI=1S/C9H12N2O3/c1-6(10)8-4-3-7(11(12)13)5-9(8)14-2/h3-6H,10H2,1-2H3/t6-/m0/s1. The van der Waals surface area contributed by atoms with Crippen LogP contribution in [0.3, 0.4) is 0 Å². The van der Waals surface area contributed by atoms with Crippen molar-refractivity contribution < 1.29 is 9.66 Å². The highest BCUT2D eigenvalue weighted by molar-refractivity contribution is 5.45. The smallest absolute Gasteiger partial charge is 0.273 e. The Morgan fingerprint density at radius 2 is 2.21 bits per heavy atom. The van der Waals surface area contributed by atoms with Crippen LogP contribution in [0.25, 0.3) is 0 Å². The molecule has 0 aromatic heterocycles. The Balaban J connectivity index is 3.18. The Kier molecular flexibility index (Phi) is 3.03. The van der Waals surface area contributed by atoms with E-state index in [9.17, 15) is 10.1 Å². The van der Waals surface area contributed by atoms with Gasteiger partial charge in [-0.15, -0.1) is 0 Å². The molecule has 0 bridgehead atoms. The van der Waals surface area contributed by atoms with Crippen molar-refractivity contribution in [2.24, 2.45) is 5.73 Å². The van der Waals surface area contributed by atoms with E-state index in [0.29, 0.717) is 5.75 Å². The van der Waals surface area contributed by atoms with E-state index in [4.69, 9.17) is 10.5 Å². The average Bonchev–Trinajstić information content (AvgIpc) is 2.16. The van der Waals surface area contributed by atoms with E-state index < -0.39 is 4.92 Å². The molecule has 0 fully saturated rings. The number of hydrogen-bond acceptors (Lipinski definition) is 4. The van der Waals surface area contributed by atoms with Crippen LogP contribution in [-0.2, 0) is 0 Å². The summed E-state index contributed by atoms with van der Waals surface area (Å²) in [4.78, 5) is 10.0. The van der Waals surface area contributed by atoms with Crippen LogP contribution in [0.4, 0.5) is 5.69 Å². The van der Waals surface area contributed by atoms with Crippen LogP contribution >= 0.6 is 0 Å². The molecular formula is C9H12N2O3. The lowest BCUT2D eigenvalue weighted by molar-refractivity contribution is -0.384. The molecule has 2 N–H and O–H groups in total. The molecule has 0 saturated heterocycles. The molecule has 0 heterocycles. The Morgan fingerprint density at radius 3 is 2.64 bits per heavy atom. The second-order valence-electron chi connectivity index (χ2n) is 2.97. The van der Waals surface area contributed by atoms with Gasteiger partial charge in [0.05, 0.1) is 18.1 Å². The molecule has 1 atom stereocenters. The number of ether oxygens (including phenoxy) is 1. The molecule has 76 valence electrons. The molecule has 1 aromatic rings. The number of nitrogens with zero attached hydrogens (tertiary/aromatic N) is 1. The van der Waals surface area contributed by atoms with Crippen molar-refractivity contribution in [1.29, 1.82) is 0 Å². The van der Waals surface area contributed by atoms with Crippen molar-refractivity contribution in [3.63, 3.8) is 0 Å². The van der Waals surface area contributed by atoms with E-state index in [2.05, 4.69) is 0 Å². The number of hydrogen-bond donors (Lipinski definition) is 1. The number of benzene rings is 1. The number of methoxy groups -OCH3 is 1. The first-order chi connectivity index (χ1) is 6.56. The molecule has 5 heteroatoms. The van der Waals surface area contributed by atoms with Crippen LogP contribution in [0, 0.1) is 10.1 Å². The van der Waals surface area contributed by atoms with E-state index in [-0.39, 0.29) is 11.7 Å². The first-order valence-electron chi connectivity index (χ1n) is 4.14. The fraction of sp³-hybridized carbons (Fsp3) is 0.333. The summed E-state index contributed by atoms with van der Waals surface area (Å²) in [6.45, 7) is 1.80. The van der Waals surface area contributed by atoms with E-state index in [1.54, 1.807) is 13.0 Å². The van der Waals surface area contributed by atoms with Crippen molar-refractivity contribution in [2.45, 2.75) is 13.0 Å². The highest BCUT2D eigenvalue weighted by Crippen LogP contribution is 2.27. The third-order valence-corrected chi connectivity index (χ3v) is 1.92. The SMILES string of the molecule is COc1cc([N+](=O)[O-])ccc1[C@H](C)N. The Hall–Kier alpha value is -1.62. The van der Waals surface area contributed by atoms with E-state index >= 15 is 0 Å². The molecule has 14 heavy (non-hydrogen) atoms. The summed E-state index contributed by atoms with van der Waals surface area (Å²) >= 11 is 0. The fourth-order valence-electron chi connectivity index (χ4n) is 1.19. The van der Waals surface area contributed by atoms with E-state index in [0.717, 1.165) is 5.56 Å². The van der Waals surface area contributed by atoms with Gasteiger partial charge in [0.25, 0.3) is 5.69 Å². The molecule has 1 rings (SSSR count). The summed E-state index contributed by atoms with van der Waals surface area (Å²) in [6.07, 6.45) is 0. The van der Waals surface area contributed by atoms with Crippen LogP contribution in [0.15, 0.2) is 18.2 Å². The van der Waals surface area contributed by atoms with Crippen molar-refractivity contribution >= 4 is 5.69 Å². The molecule has 5 nitrogen and oxygen atoms in total. The van der Waals surface area contributed by atoms with Crippen LogP contribution < -0.4 is 10.5 Å². The number of nitro groups is 1. The highest BCUT2D eigenvalue weighted by Gasteiger charge is 2.13. The van der Waals surface area contributed by atoms with Gasteiger partial charge in [-0.25, -0.2) is 0 Å². The van der Waals surface area contributed by atoms with Gasteiger partial charge in [-0.05, 0) is 13.0 Å². The van der Waals surface area contributed by atoms with Crippen LogP contribution in [0.5, 0.6) is 5.75 Å². The van der Waals surface area contributed by atoms with Gasteiger partial charge in [-0.1, -0.05) is 0 Å². The molecule has 0 amide bonds. The maximum absolute atomic E-state index is 10.5. The van der Waals surface area contributed by atoms with Crippen molar-refractivity contribution in [1.82, 2.24) is 0 Å². The third kappa shape index (κ3) is 2.00.